The van der Waals surface area contributed by atoms with Gasteiger partial charge >= 0.3 is 0 Å². The molecule has 1 amide bonds. The van der Waals surface area contributed by atoms with Crippen LogP contribution >= 0.6 is 15.9 Å². The lowest BCUT2D eigenvalue weighted by molar-refractivity contribution is -0.105. The van der Waals surface area contributed by atoms with Crippen molar-refractivity contribution in [2.45, 2.75) is 0 Å². The third-order valence-electron chi connectivity index (χ3n) is 0.974. The molecule has 0 radical (unpaired) electrons. The molecule has 0 spiro atoms. The van der Waals surface area contributed by atoms with Crippen LogP contribution in [0.25, 0.3) is 0 Å². The average molecular weight is 201 g/mol. The van der Waals surface area contributed by atoms with Crippen molar-refractivity contribution in [3.63, 3.8) is 0 Å². The first kappa shape index (κ1) is 7.21. The monoisotopic (exact) mass is 200 g/mol. The molecule has 1 N–H and O–H groups in total. The first-order valence-corrected chi connectivity index (χ1v) is 3.44. The van der Waals surface area contributed by atoms with E-state index in [1.54, 1.807) is 18.3 Å². The maximum atomic E-state index is 9.97. The van der Waals surface area contributed by atoms with E-state index in [2.05, 4.69) is 26.2 Å². The third kappa shape index (κ3) is 1.54. The fourth-order valence-corrected chi connectivity index (χ4v) is 0.922. The molecule has 10 heavy (non-hydrogen) atoms. The van der Waals surface area contributed by atoms with E-state index in [-0.39, 0.29) is 0 Å². The standard InChI is InChI=1S/C6H5BrN2O/c7-6-5(9-4-10)2-1-3-8-6/h1-4H,(H,9,10). The van der Waals surface area contributed by atoms with Crippen LogP contribution in [0.4, 0.5) is 5.69 Å². The number of aromatic nitrogens is 1. The summed E-state index contributed by atoms with van der Waals surface area (Å²) in [4.78, 5) is 13.9. The molecule has 0 aliphatic rings. The summed E-state index contributed by atoms with van der Waals surface area (Å²) in [6, 6.07) is 3.50. The van der Waals surface area contributed by atoms with Gasteiger partial charge in [0.15, 0.2) is 0 Å². The number of nitrogens with one attached hydrogen (secondary N) is 1. The summed E-state index contributed by atoms with van der Waals surface area (Å²) >= 11 is 3.16. The van der Waals surface area contributed by atoms with Crippen LogP contribution in [0.5, 0.6) is 0 Å². The molecular weight excluding hydrogens is 196 g/mol. The molecule has 4 heteroatoms. The lowest BCUT2D eigenvalue weighted by Crippen LogP contribution is -1.94. The van der Waals surface area contributed by atoms with Gasteiger partial charge in [0.2, 0.25) is 6.41 Å². The SMILES string of the molecule is O=CNc1cccnc1Br. The van der Waals surface area contributed by atoms with Gasteiger partial charge in [0.1, 0.15) is 4.60 Å². The van der Waals surface area contributed by atoms with Crippen molar-refractivity contribution in [1.29, 1.82) is 0 Å². The maximum Gasteiger partial charge on any atom is 0.211 e. The van der Waals surface area contributed by atoms with Gasteiger partial charge in [0, 0.05) is 6.20 Å². The number of hydrogen-bond acceptors (Lipinski definition) is 2. The minimum atomic E-state index is 0.613. The lowest BCUT2D eigenvalue weighted by atomic mass is 10.4. The average Bonchev–Trinajstić information content (AvgIpc) is 1.94. The highest BCUT2D eigenvalue weighted by Gasteiger charge is 1.94. The zero-order chi connectivity index (χ0) is 7.40. The predicted molar refractivity (Wildman–Crippen MR) is 41.6 cm³/mol. The molecule has 1 aromatic rings. The second kappa shape index (κ2) is 3.31. The molecule has 0 saturated heterocycles. The van der Waals surface area contributed by atoms with Gasteiger partial charge in [-0.3, -0.25) is 4.79 Å². The van der Waals surface area contributed by atoms with Crippen LogP contribution in [0.15, 0.2) is 22.9 Å². The molecule has 0 bridgehead atoms. The van der Waals surface area contributed by atoms with Gasteiger partial charge in [-0.05, 0) is 28.1 Å². The number of carbonyl (C=O) groups is 1. The molecule has 0 fully saturated rings. The number of hydrogen-bond donors (Lipinski definition) is 1. The normalized spacial score (nSPS) is 8.90. The van der Waals surface area contributed by atoms with Crippen LogP contribution in [0, 0.1) is 0 Å². The summed E-state index contributed by atoms with van der Waals surface area (Å²) in [6.45, 7) is 0. The van der Waals surface area contributed by atoms with E-state index in [0.29, 0.717) is 16.7 Å². The highest BCUT2D eigenvalue weighted by Crippen LogP contribution is 2.16. The highest BCUT2D eigenvalue weighted by atomic mass is 79.9. The Morgan fingerprint density at radius 1 is 1.70 bits per heavy atom. The van der Waals surface area contributed by atoms with Gasteiger partial charge in [-0.15, -0.1) is 0 Å². The van der Waals surface area contributed by atoms with E-state index < -0.39 is 0 Å². The Morgan fingerprint density at radius 2 is 2.50 bits per heavy atom. The second-order valence-corrected chi connectivity index (χ2v) is 2.36. The molecule has 0 atom stereocenters. The van der Waals surface area contributed by atoms with Gasteiger partial charge in [0.05, 0.1) is 5.69 Å². The van der Waals surface area contributed by atoms with E-state index in [1.807, 2.05) is 0 Å². The van der Waals surface area contributed by atoms with Crippen molar-refractivity contribution in [2.75, 3.05) is 5.32 Å². The van der Waals surface area contributed by atoms with Crippen molar-refractivity contribution in [1.82, 2.24) is 4.98 Å². The number of amides is 1. The van der Waals surface area contributed by atoms with Crippen LogP contribution in [0.1, 0.15) is 0 Å². The lowest BCUT2D eigenvalue weighted by Gasteiger charge is -1.97. The van der Waals surface area contributed by atoms with Crippen molar-refractivity contribution < 1.29 is 4.79 Å². The van der Waals surface area contributed by atoms with Crippen LogP contribution in [0.3, 0.4) is 0 Å². The summed E-state index contributed by atoms with van der Waals surface area (Å²) in [5, 5.41) is 2.49. The molecule has 52 valence electrons. The van der Waals surface area contributed by atoms with Gasteiger partial charge in [-0.1, -0.05) is 0 Å². The Balaban J connectivity index is 2.91. The van der Waals surface area contributed by atoms with Crippen molar-refractivity contribution in [3.05, 3.63) is 22.9 Å². The zero-order valence-corrected chi connectivity index (χ0v) is 6.63. The first-order valence-electron chi connectivity index (χ1n) is 2.65. The number of anilines is 1. The van der Waals surface area contributed by atoms with E-state index >= 15 is 0 Å². The fourth-order valence-electron chi connectivity index (χ4n) is 0.557. The Morgan fingerprint density at radius 3 is 3.10 bits per heavy atom. The molecule has 1 heterocycles. The van der Waals surface area contributed by atoms with Gasteiger partial charge in [-0.25, -0.2) is 4.98 Å². The van der Waals surface area contributed by atoms with E-state index in [9.17, 15) is 4.79 Å². The summed E-state index contributed by atoms with van der Waals surface area (Å²) in [7, 11) is 0. The molecule has 0 unspecified atom stereocenters. The summed E-state index contributed by atoms with van der Waals surface area (Å²) < 4.78 is 0.641. The predicted octanol–water partition coefficient (Wildman–Crippen LogP) is 1.41. The molecule has 1 aromatic heterocycles. The van der Waals surface area contributed by atoms with Crippen LogP contribution < -0.4 is 5.32 Å². The number of halogens is 1. The number of rotatable bonds is 2. The molecule has 0 saturated carbocycles. The Labute approximate surface area is 66.6 Å². The second-order valence-electron chi connectivity index (χ2n) is 1.60. The quantitative estimate of drug-likeness (QED) is 0.580. The molecule has 0 aliphatic heterocycles. The summed E-state index contributed by atoms with van der Waals surface area (Å²) in [5.74, 6) is 0. The summed E-state index contributed by atoms with van der Waals surface area (Å²) in [6.07, 6.45) is 2.25. The molecule has 0 aliphatic carbocycles. The van der Waals surface area contributed by atoms with Crippen LogP contribution in [0.2, 0.25) is 0 Å². The molecule has 3 nitrogen and oxygen atoms in total. The van der Waals surface area contributed by atoms with Crippen LogP contribution in [-0.4, -0.2) is 11.4 Å². The minimum Gasteiger partial charge on any atom is -0.326 e. The largest absolute Gasteiger partial charge is 0.326 e. The van der Waals surface area contributed by atoms with Crippen molar-refractivity contribution >= 4 is 28.0 Å². The van der Waals surface area contributed by atoms with E-state index in [1.165, 1.54) is 0 Å². The Hall–Kier alpha value is -0.900. The third-order valence-corrected chi connectivity index (χ3v) is 1.61. The van der Waals surface area contributed by atoms with Crippen LogP contribution in [-0.2, 0) is 4.79 Å². The molecular formula is C6H5BrN2O. The zero-order valence-electron chi connectivity index (χ0n) is 5.04. The first-order chi connectivity index (χ1) is 4.84. The fraction of sp³-hybridized carbons (Fsp3) is 0. The number of nitrogens with zero attached hydrogens (tertiary/aromatic N) is 1. The van der Waals surface area contributed by atoms with Gasteiger partial charge in [0.25, 0.3) is 0 Å². The minimum absolute atomic E-state index is 0.613. The van der Waals surface area contributed by atoms with Gasteiger partial charge < -0.3 is 5.32 Å². The topological polar surface area (TPSA) is 42.0 Å². The van der Waals surface area contributed by atoms with Crippen molar-refractivity contribution in [3.8, 4) is 0 Å². The van der Waals surface area contributed by atoms with E-state index in [0.717, 1.165) is 0 Å². The molecule has 1 rings (SSSR count). The Bertz CT molecular complexity index is 239. The maximum absolute atomic E-state index is 9.97. The van der Waals surface area contributed by atoms with E-state index in [4.69, 9.17) is 0 Å². The number of carbonyl (C=O) groups excluding carboxylic acids is 1. The summed E-state index contributed by atoms with van der Waals surface area (Å²) in [5.41, 5.74) is 0.678. The Kier molecular flexibility index (Phi) is 2.39. The van der Waals surface area contributed by atoms with Crippen molar-refractivity contribution in [2.24, 2.45) is 0 Å². The number of pyridine rings is 1. The van der Waals surface area contributed by atoms with Gasteiger partial charge in [-0.2, -0.15) is 0 Å². The highest BCUT2D eigenvalue weighted by molar-refractivity contribution is 9.10. The smallest absolute Gasteiger partial charge is 0.211 e. The molecule has 0 aromatic carbocycles.